The van der Waals surface area contributed by atoms with E-state index in [1.165, 1.54) is 0 Å². The number of carbonyl (C=O) groups is 1. The fourth-order valence-electron chi connectivity index (χ4n) is 3.23. The minimum absolute atomic E-state index is 0.144. The molecule has 1 aliphatic heterocycles. The van der Waals surface area contributed by atoms with Gasteiger partial charge in [0.2, 0.25) is 5.91 Å². The third kappa shape index (κ3) is 3.96. The first kappa shape index (κ1) is 15.8. The van der Waals surface area contributed by atoms with Gasteiger partial charge < -0.3 is 4.90 Å². The largest absolute Gasteiger partial charge is 0.312 e. The summed E-state index contributed by atoms with van der Waals surface area (Å²) in [5.74, 6) is 0.880. The van der Waals surface area contributed by atoms with Gasteiger partial charge >= 0.3 is 0 Å². The van der Waals surface area contributed by atoms with Crippen LogP contribution >= 0.6 is 0 Å². The van der Waals surface area contributed by atoms with Crippen LogP contribution in [0.25, 0.3) is 0 Å². The molecule has 1 aromatic carbocycles. The van der Waals surface area contributed by atoms with Crippen LogP contribution in [0.1, 0.15) is 40.0 Å². The number of anilines is 1. The van der Waals surface area contributed by atoms with Gasteiger partial charge in [-0.25, -0.2) is 0 Å². The number of rotatable bonds is 5. The highest BCUT2D eigenvalue weighted by atomic mass is 16.2. The molecule has 1 aromatic rings. The van der Waals surface area contributed by atoms with Gasteiger partial charge in [0.05, 0.1) is 0 Å². The average molecular weight is 285 g/mol. The van der Waals surface area contributed by atoms with Crippen LogP contribution in [0.2, 0.25) is 0 Å². The Morgan fingerprint density at radius 3 is 2.52 bits per heavy atom. The third-order valence-corrected chi connectivity index (χ3v) is 4.21. The van der Waals surface area contributed by atoms with Gasteiger partial charge in [0.25, 0.3) is 0 Å². The Labute approximate surface area is 128 Å². The lowest BCUT2D eigenvalue weighted by molar-refractivity contribution is -0.121. The maximum Gasteiger partial charge on any atom is 0.230 e. The van der Waals surface area contributed by atoms with Crippen LogP contribution in [0.3, 0.4) is 0 Å². The number of amides is 1. The number of allylic oxidation sites excluding steroid dienone is 1. The zero-order chi connectivity index (χ0) is 15.5. The highest BCUT2D eigenvalue weighted by Crippen LogP contribution is 2.39. The monoisotopic (exact) mass is 285 g/mol. The molecule has 2 rings (SSSR count). The summed E-state index contributed by atoms with van der Waals surface area (Å²) in [5.41, 5.74) is 1.21. The van der Waals surface area contributed by atoms with Gasteiger partial charge in [0, 0.05) is 18.2 Å². The maximum atomic E-state index is 12.9. The molecule has 0 saturated carbocycles. The van der Waals surface area contributed by atoms with E-state index >= 15 is 0 Å². The summed E-state index contributed by atoms with van der Waals surface area (Å²) in [6.07, 6.45) is 4.96. The number of benzene rings is 1. The van der Waals surface area contributed by atoms with E-state index in [0.29, 0.717) is 11.8 Å². The number of hydrogen-bond donors (Lipinski definition) is 0. The SMILES string of the molecule is C=CCC[C@H]1CN(c2ccccc2)C(=O)[C@@H]1CC(C)(C)C. The molecule has 0 aromatic heterocycles. The van der Waals surface area contributed by atoms with Gasteiger partial charge in [0.15, 0.2) is 0 Å². The third-order valence-electron chi connectivity index (χ3n) is 4.21. The first-order chi connectivity index (χ1) is 9.92. The molecule has 0 spiro atoms. The van der Waals surface area contributed by atoms with Crippen LogP contribution in [0.5, 0.6) is 0 Å². The molecule has 1 amide bonds. The maximum absolute atomic E-state index is 12.9. The van der Waals surface area contributed by atoms with Crippen LogP contribution in [0.4, 0.5) is 5.69 Å². The van der Waals surface area contributed by atoms with Gasteiger partial charge in [-0.15, -0.1) is 6.58 Å². The second kappa shape index (κ2) is 6.46. The van der Waals surface area contributed by atoms with E-state index in [1.807, 2.05) is 41.3 Å². The van der Waals surface area contributed by atoms with E-state index in [0.717, 1.165) is 31.5 Å². The molecule has 1 saturated heterocycles. The van der Waals surface area contributed by atoms with Gasteiger partial charge in [-0.2, -0.15) is 0 Å². The standard InChI is InChI=1S/C19H27NO/c1-5-6-10-15-14-20(16-11-8-7-9-12-16)18(21)17(15)13-19(2,3)4/h5,7-9,11-12,15,17H,1,6,10,13-14H2,2-4H3/t15-,17+/m0/s1. The Morgan fingerprint density at radius 2 is 1.95 bits per heavy atom. The van der Waals surface area contributed by atoms with E-state index in [9.17, 15) is 4.79 Å². The molecule has 0 bridgehead atoms. The highest BCUT2D eigenvalue weighted by Gasteiger charge is 2.41. The Morgan fingerprint density at radius 1 is 1.29 bits per heavy atom. The molecular weight excluding hydrogens is 258 g/mol. The van der Waals surface area contributed by atoms with Crippen LogP contribution < -0.4 is 4.90 Å². The van der Waals surface area contributed by atoms with E-state index in [1.54, 1.807) is 0 Å². The van der Waals surface area contributed by atoms with Crippen molar-refractivity contribution >= 4 is 11.6 Å². The molecule has 21 heavy (non-hydrogen) atoms. The first-order valence-corrected chi connectivity index (χ1v) is 7.90. The fourth-order valence-corrected chi connectivity index (χ4v) is 3.23. The Balaban J connectivity index is 2.20. The summed E-state index contributed by atoms with van der Waals surface area (Å²) in [5, 5.41) is 0. The zero-order valence-corrected chi connectivity index (χ0v) is 13.5. The van der Waals surface area contributed by atoms with Crippen molar-refractivity contribution in [1.82, 2.24) is 0 Å². The van der Waals surface area contributed by atoms with Crippen LogP contribution in [0, 0.1) is 17.3 Å². The summed E-state index contributed by atoms with van der Waals surface area (Å²) in [6, 6.07) is 10.0. The van der Waals surface area contributed by atoms with Crippen LogP contribution in [0.15, 0.2) is 43.0 Å². The van der Waals surface area contributed by atoms with Crippen molar-refractivity contribution in [2.24, 2.45) is 17.3 Å². The zero-order valence-electron chi connectivity index (χ0n) is 13.5. The molecule has 1 heterocycles. The molecule has 1 fully saturated rings. The second-order valence-corrected chi connectivity index (χ2v) is 7.28. The van der Waals surface area contributed by atoms with Crippen LogP contribution in [-0.4, -0.2) is 12.5 Å². The molecular formula is C19H27NO. The summed E-state index contributed by atoms with van der Waals surface area (Å²) >= 11 is 0. The predicted molar refractivity (Wildman–Crippen MR) is 89.3 cm³/mol. The number of nitrogens with zero attached hydrogens (tertiary/aromatic N) is 1. The smallest absolute Gasteiger partial charge is 0.230 e. The molecule has 0 unspecified atom stereocenters. The van der Waals surface area contributed by atoms with E-state index in [4.69, 9.17) is 0 Å². The molecule has 114 valence electrons. The molecule has 2 atom stereocenters. The van der Waals surface area contributed by atoms with Crippen molar-refractivity contribution in [3.8, 4) is 0 Å². The fraction of sp³-hybridized carbons (Fsp3) is 0.526. The molecule has 0 aliphatic carbocycles. The highest BCUT2D eigenvalue weighted by molar-refractivity contribution is 5.97. The van der Waals surface area contributed by atoms with Gasteiger partial charge in [-0.05, 0) is 42.7 Å². The lowest BCUT2D eigenvalue weighted by Crippen LogP contribution is -2.28. The molecule has 2 heteroatoms. The number of para-hydroxylation sites is 1. The number of carbonyl (C=O) groups excluding carboxylic acids is 1. The van der Waals surface area contributed by atoms with Gasteiger partial charge in [-0.3, -0.25) is 4.79 Å². The summed E-state index contributed by atoms with van der Waals surface area (Å²) < 4.78 is 0. The second-order valence-electron chi connectivity index (χ2n) is 7.28. The molecule has 2 nitrogen and oxygen atoms in total. The summed E-state index contributed by atoms with van der Waals surface area (Å²) in [6.45, 7) is 11.3. The van der Waals surface area contributed by atoms with Gasteiger partial charge in [0.1, 0.15) is 0 Å². The van der Waals surface area contributed by atoms with Crippen molar-refractivity contribution in [1.29, 1.82) is 0 Å². The van der Waals surface area contributed by atoms with Crippen molar-refractivity contribution in [2.45, 2.75) is 40.0 Å². The Kier molecular flexibility index (Phi) is 4.87. The van der Waals surface area contributed by atoms with Gasteiger partial charge in [-0.1, -0.05) is 45.0 Å². The Hall–Kier alpha value is -1.57. The van der Waals surface area contributed by atoms with E-state index in [-0.39, 0.29) is 11.3 Å². The lowest BCUT2D eigenvalue weighted by Gasteiger charge is -2.25. The average Bonchev–Trinajstić information content (AvgIpc) is 2.73. The van der Waals surface area contributed by atoms with E-state index < -0.39 is 0 Å². The molecule has 0 N–H and O–H groups in total. The summed E-state index contributed by atoms with van der Waals surface area (Å²) in [4.78, 5) is 14.8. The van der Waals surface area contributed by atoms with Crippen molar-refractivity contribution in [3.63, 3.8) is 0 Å². The molecule has 0 radical (unpaired) electrons. The number of hydrogen-bond acceptors (Lipinski definition) is 1. The Bertz CT molecular complexity index is 486. The topological polar surface area (TPSA) is 20.3 Å². The van der Waals surface area contributed by atoms with Crippen molar-refractivity contribution in [3.05, 3.63) is 43.0 Å². The normalized spacial score (nSPS) is 22.6. The summed E-state index contributed by atoms with van der Waals surface area (Å²) in [7, 11) is 0. The van der Waals surface area contributed by atoms with Crippen molar-refractivity contribution < 1.29 is 4.79 Å². The van der Waals surface area contributed by atoms with Crippen molar-refractivity contribution in [2.75, 3.05) is 11.4 Å². The molecule has 1 aliphatic rings. The lowest BCUT2D eigenvalue weighted by atomic mass is 9.78. The van der Waals surface area contributed by atoms with Crippen LogP contribution in [-0.2, 0) is 4.79 Å². The predicted octanol–water partition coefficient (Wildman–Crippen LogP) is 4.67. The minimum Gasteiger partial charge on any atom is -0.312 e. The minimum atomic E-state index is 0.144. The quantitative estimate of drug-likeness (QED) is 0.720. The van der Waals surface area contributed by atoms with E-state index in [2.05, 4.69) is 27.4 Å². The first-order valence-electron chi connectivity index (χ1n) is 7.90.